The van der Waals surface area contributed by atoms with Gasteiger partial charge < -0.3 is 10.1 Å². The Morgan fingerprint density at radius 1 is 1.10 bits per heavy atom. The van der Waals surface area contributed by atoms with Crippen molar-refractivity contribution in [2.45, 2.75) is 24.3 Å². The van der Waals surface area contributed by atoms with E-state index in [1.807, 2.05) is 0 Å². The molecule has 0 fully saturated rings. The number of halogens is 1. The lowest BCUT2D eigenvalue weighted by Crippen LogP contribution is -2.35. The minimum absolute atomic E-state index is 0.0200. The highest BCUT2D eigenvalue weighted by atomic mass is 32.2. The molecule has 4 rings (SSSR count). The number of carbonyl (C=O) groups excluding carboxylic acids is 1. The Balaban J connectivity index is 1.63. The Bertz CT molecular complexity index is 1240. The van der Waals surface area contributed by atoms with Crippen LogP contribution < -0.4 is 14.4 Å². The van der Waals surface area contributed by atoms with Crippen molar-refractivity contribution in [2.75, 3.05) is 16.7 Å². The first-order chi connectivity index (χ1) is 14.8. The van der Waals surface area contributed by atoms with Crippen molar-refractivity contribution in [3.8, 4) is 5.75 Å². The van der Waals surface area contributed by atoms with Gasteiger partial charge in [-0.1, -0.05) is 12.1 Å². The van der Waals surface area contributed by atoms with E-state index in [9.17, 15) is 17.6 Å². The van der Waals surface area contributed by atoms with Crippen molar-refractivity contribution in [1.29, 1.82) is 0 Å². The van der Waals surface area contributed by atoms with Crippen LogP contribution in [0.1, 0.15) is 22.8 Å². The molecule has 0 saturated carbocycles. The van der Waals surface area contributed by atoms with Gasteiger partial charge in [0.25, 0.3) is 15.9 Å². The molecule has 6 nitrogen and oxygen atoms in total. The maximum absolute atomic E-state index is 13.2. The fourth-order valence-corrected chi connectivity index (χ4v) is 5.47. The zero-order valence-electron chi connectivity index (χ0n) is 17.0. The smallest absolute Gasteiger partial charge is 0.264 e. The van der Waals surface area contributed by atoms with Gasteiger partial charge in [0.15, 0.2) is 0 Å². The Hall–Kier alpha value is -3.39. The molecular formula is C23H21FN2O4S. The lowest BCUT2D eigenvalue weighted by atomic mass is 10.1. The maximum Gasteiger partial charge on any atom is 0.264 e. The highest BCUT2D eigenvalue weighted by molar-refractivity contribution is 7.92. The number of carbonyl (C=O) groups is 1. The van der Waals surface area contributed by atoms with Crippen LogP contribution in [0.5, 0.6) is 5.75 Å². The van der Waals surface area contributed by atoms with E-state index in [1.54, 1.807) is 49.4 Å². The fraction of sp³-hybridized carbons (Fsp3) is 0.174. The summed E-state index contributed by atoms with van der Waals surface area (Å²) in [4.78, 5) is 12.8. The third kappa shape index (κ3) is 3.86. The SMILES string of the molecule is COc1ccccc1NC(=O)c1ccc2c(c1)C[C@@H](C)N2S(=O)(=O)c1ccc(F)cc1. The molecule has 0 spiro atoms. The predicted molar refractivity (Wildman–Crippen MR) is 117 cm³/mol. The summed E-state index contributed by atoms with van der Waals surface area (Å²) in [5.41, 5.74) is 2.23. The molecule has 0 radical (unpaired) electrons. The summed E-state index contributed by atoms with van der Waals surface area (Å²) in [5, 5.41) is 2.82. The van der Waals surface area contributed by atoms with Crippen molar-refractivity contribution in [3.05, 3.63) is 83.7 Å². The zero-order valence-corrected chi connectivity index (χ0v) is 17.8. The van der Waals surface area contributed by atoms with Crippen LogP contribution in [0.25, 0.3) is 0 Å². The van der Waals surface area contributed by atoms with E-state index < -0.39 is 15.8 Å². The summed E-state index contributed by atoms with van der Waals surface area (Å²) >= 11 is 0. The Labute approximate surface area is 180 Å². The Morgan fingerprint density at radius 2 is 1.81 bits per heavy atom. The molecule has 0 aromatic heterocycles. The van der Waals surface area contributed by atoms with Gasteiger partial charge in [-0.25, -0.2) is 12.8 Å². The number of sulfonamides is 1. The van der Waals surface area contributed by atoms with Crippen molar-refractivity contribution in [2.24, 2.45) is 0 Å². The number of benzene rings is 3. The molecule has 3 aromatic carbocycles. The maximum atomic E-state index is 13.2. The van der Waals surface area contributed by atoms with Crippen molar-refractivity contribution < 1.29 is 22.3 Å². The van der Waals surface area contributed by atoms with Gasteiger partial charge in [0.1, 0.15) is 11.6 Å². The number of methoxy groups -OCH3 is 1. The summed E-state index contributed by atoms with van der Waals surface area (Å²) < 4.78 is 46.1. The minimum atomic E-state index is -3.86. The van der Waals surface area contributed by atoms with Crippen molar-refractivity contribution >= 4 is 27.3 Å². The molecule has 1 heterocycles. The molecular weight excluding hydrogens is 419 g/mol. The first-order valence-electron chi connectivity index (χ1n) is 9.68. The van der Waals surface area contributed by atoms with Gasteiger partial charge in [-0.05, 0) is 73.5 Å². The number of amides is 1. The first kappa shape index (κ1) is 20.9. The average Bonchev–Trinajstić information content (AvgIpc) is 3.10. The molecule has 1 N–H and O–H groups in total. The fourth-order valence-electron chi connectivity index (χ4n) is 3.77. The summed E-state index contributed by atoms with van der Waals surface area (Å²) in [7, 11) is -2.33. The number of rotatable bonds is 5. The number of nitrogens with zero attached hydrogens (tertiary/aromatic N) is 1. The largest absolute Gasteiger partial charge is 0.495 e. The minimum Gasteiger partial charge on any atom is -0.495 e. The normalized spacial score (nSPS) is 15.5. The predicted octanol–water partition coefficient (Wildman–Crippen LogP) is 4.23. The summed E-state index contributed by atoms with van der Waals surface area (Å²) in [6.45, 7) is 1.80. The van der Waals surface area contributed by atoms with E-state index in [0.717, 1.165) is 17.7 Å². The molecule has 1 aliphatic rings. The molecule has 0 unspecified atom stereocenters. The van der Waals surface area contributed by atoms with Gasteiger partial charge >= 0.3 is 0 Å². The molecule has 0 saturated heterocycles. The monoisotopic (exact) mass is 440 g/mol. The second-order valence-electron chi connectivity index (χ2n) is 7.31. The van der Waals surface area contributed by atoms with Gasteiger partial charge in [-0.3, -0.25) is 9.10 Å². The molecule has 8 heteroatoms. The van der Waals surface area contributed by atoms with Gasteiger partial charge in [0.2, 0.25) is 0 Å². The topological polar surface area (TPSA) is 75.7 Å². The van der Waals surface area contributed by atoms with Crippen LogP contribution in [0.4, 0.5) is 15.8 Å². The molecule has 0 bridgehead atoms. The summed E-state index contributed by atoms with van der Waals surface area (Å²) in [6, 6.07) is 16.4. The van der Waals surface area contributed by atoms with Crippen molar-refractivity contribution in [1.82, 2.24) is 0 Å². The van der Waals surface area contributed by atoms with Gasteiger partial charge in [-0.15, -0.1) is 0 Å². The van der Waals surface area contributed by atoms with E-state index in [-0.39, 0.29) is 16.8 Å². The molecule has 1 atom stereocenters. The van der Waals surface area contributed by atoms with E-state index >= 15 is 0 Å². The summed E-state index contributed by atoms with van der Waals surface area (Å²) in [6.07, 6.45) is 0.464. The number of hydrogen-bond donors (Lipinski definition) is 1. The van der Waals surface area contributed by atoms with E-state index in [0.29, 0.717) is 29.1 Å². The van der Waals surface area contributed by atoms with Crippen LogP contribution >= 0.6 is 0 Å². The summed E-state index contributed by atoms with van der Waals surface area (Å²) in [5.74, 6) is -0.276. The van der Waals surface area contributed by atoms with Gasteiger partial charge in [0, 0.05) is 11.6 Å². The van der Waals surface area contributed by atoms with E-state index in [1.165, 1.54) is 23.5 Å². The molecule has 1 aliphatic heterocycles. The molecule has 0 aliphatic carbocycles. The quantitative estimate of drug-likeness (QED) is 0.644. The zero-order chi connectivity index (χ0) is 22.2. The van der Waals surface area contributed by atoms with Crippen LogP contribution in [0.2, 0.25) is 0 Å². The molecule has 31 heavy (non-hydrogen) atoms. The second kappa shape index (κ2) is 8.03. The lowest BCUT2D eigenvalue weighted by molar-refractivity contribution is 0.102. The van der Waals surface area contributed by atoms with Crippen molar-refractivity contribution in [3.63, 3.8) is 0 Å². The second-order valence-corrected chi connectivity index (χ2v) is 9.12. The highest BCUT2D eigenvalue weighted by Gasteiger charge is 2.36. The number of anilines is 2. The molecule has 1 amide bonds. The number of fused-ring (bicyclic) bond motifs is 1. The standard InChI is InChI=1S/C23H21FN2O4S/c1-15-13-17-14-16(23(27)25-20-5-3-4-6-22(20)30-2)7-12-21(17)26(15)31(28,29)19-10-8-18(24)9-11-19/h3-12,14-15H,13H2,1-2H3,(H,25,27)/t15-/m1/s1. The first-order valence-corrected chi connectivity index (χ1v) is 11.1. The number of ether oxygens (including phenoxy) is 1. The Morgan fingerprint density at radius 3 is 2.52 bits per heavy atom. The number of hydrogen-bond acceptors (Lipinski definition) is 4. The third-order valence-corrected chi connectivity index (χ3v) is 7.16. The Kier molecular flexibility index (Phi) is 5.41. The average molecular weight is 440 g/mol. The van der Waals surface area contributed by atoms with Gasteiger partial charge in [0.05, 0.1) is 23.4 Å². The number of para-hydroxylation sites is 2. The number of nitrogens with one attached hydrogen (secondary N) is 1. The lowest BCUT2D eigenvalue weighted by Gasteiger charge is -2.24. The van der Waals surface area contributed by atoms with Crippen LogP contribution in [-0.2, 0) is 16.4 Å². The molecule has 160 valence electrons. The van der Waals surface area contributed by atoms with Crippen LogP contribution in [0.15, 0.2) is 71.6 Å². The molecule has 3 aromatic rings. The highest BCUT2D eigenvalue weighted by Crippen LogP contribution is 2.37. The van der Waals surface area contributed by atoms with E-state index in [4.69, 9.17) is 4.74 Å². The van der Waals surface area contributed by atoms with E-state index in [2.05, 4.69) is 5.32 Å². The van der Waals surface area contributed by atoms with Gasteiger partial charge in [-0.2, -0.15) is 0 Å². The van der Waals surface area contributed by atoms with Crippen LogP contribution in [-0.4, -0.2) is 27.5 Å². The van der Waals surface area contributed by atoms with Crippen LogP contribution in [0.3, 0.4) is 0 Å². The third-order valence-electron chi connectivity index (χ3n) is 5.22. The van der Waals surface area contributed by atoms with Crippen LogP contribution in [0, 0.1) is 5.82 Å².